The second-order valence-electron chi connectivity index (χ2n) is 5.19. The number of pyridine rings is 1. The highest BCUT2D eigenvalue weighted by molar-refractivity contribution is 8.14. The number of methoxy groups -OCH3 is 1. The molecule has 0 aliphatic carbocycles. The Morgan fingerprint density at radius 3 is 2.79 bits per heavy atom. The van der Waals surface area contributed by atoms with Gasteiger partial charge in [0.1, 0.15) is 10.9 Å². The number of nitrogens with zero attached hydrogens (tertiary/aromatic N) is 3. The molecule has 0 spiro atoms. The van der Waals surface area contributed by atoms with Crippen LogP contribution in [0.25, 0.3) is 0 Å². The third-order valence-corrected chi connectivity index (χ3v) is 4.78. The van der Waals surface area contributed by atoms with Crippen molar-refractivity contribution < 1.29 is 9.53 Å². The third-order valence-electron chi connectivity index (χ3n) is 3.56. The van der Waals surface area contributed by atoms with Crippen molar-refractivity contribution in [1.29, 1.82) is 0 Å². The summed E-state index contributed by atoms with van der Waals surface area (Å²) in [6, 6.07) is 10.6. The maximum atomic E-state index is 12.3. The molecule has 24 heavy (non-hydrogen) atoms. The first-order chi connectivity index (χ1) is 11.7. The first-order valence-electron chi connectivity index (χ1n) is 7.41. The molecule has 7 heteroatoms. The minimum Gasteiger partial charge on any atom is -0.497 e. The van der Waals surface area contributed by atoms with Crippen LogP contribution in [0.1, 0.15) is 15.9 Å². The zero-order chi connectivity index (χ0) is 16.9. The van der Waals surface area contributed by atoms with E-state index in [1.807, 2.05) is 6.07 Å². The highest BCUT2D eigenvalue weighted by Gasteiger charge is 2.21. The summed E-state index contributed by atoms with van der Waals surface area (Å²) in [5, 5.41) is 1.21. The minimum atomic E-state index is -0.249. The Bertz CT molecular complexity index is 747. The zero-order valence-corrected chi connectivity index (χ0v) is 14.7. The van der Waals surface area contributed by atoms with Gasteiger partial charge in [-0.3, -0.25) is 4.79 Å². The number of hydrogen-bond donors (Lipinski definition) is 0. The van der Waals surface area contributed by atoms with E-state index < -0.39 is 0 Å². The number of aliphatic imine (C=N–C) groups is 1. The molecular weight excluding hydrogens is 346 g/mol. The molecule has 124 valence electrons. The van der Waals surface area contributed by atoms with Crippen molar-refractivity contribution in [2.75, 3.05) is 19.4 Å². The van der Waals surface area contributed by atoms with Crippen molar-refractivity contribution >= 4 is 34.4 Å². The average molecular weight is 362 g/mol. The fourth-order valence-electron chi connectivity index (χ4n) is 2.29. The van der Waals surface area contributed by atoms with E-state index in [2.05, 4.69) is 14.9 Å². The van der Waals surface area contributed by atoms with Gasteiger partial charge < -0.3 is 9.64 Å². The van der Waals surface area contributed by atoms with Crippen LogP contribution in [-0.2, 0) is 6.54 Å². The number of carbonyl (C=O) groups excluding carboxylic acids is 1. The Morgan fingerprint density at radius 2 is 2.12 bits per heavy atom. The van der Waals surface area contributed by atoms with Gasteiger partial charge in [-0.25, -0.2) is 4.98 Å². The van der Waals surface area contributed by atoms with Crippen molar-refractivity contribution in [3.05, 3.63) is 58.9 Å². The number of aromatic nitrogens is 1. The van der Waals surface area contributed by atoms with Crippen LogP contribution in [0.15, 0.2) is 47.6 Å². The molecule has 1 fully saturated rings. The van der Waals surface area contributed by atoms with E-state index in [0.717, 1.165) is 23.0 Å². The topological polar surface area (TPSA) is 54.8 Å². The standard InChI is InChI=1S/C17H16ClN3O2S/c1-23-14-5-3-13(4-6-14)16(22)20-17-21(8-9-24-17)11-12-2-7-15(18)19-10-12/h2-7,10H,8-9,11H2,1H3. The molecule has 0 unspecified atom stereocenters. The fraction of sp³-hybridized carbons (Fsp3) is 0.235. The van der Waals surface area contributed by atoms with Gasteiger partial charge in [-0.15, -0.1) is 0 Å². The van der Waals surface area contributed by atoms with Crippen LogP contribution in [0.5, 0.6) is 5.75 Å². The summed E-state index contributed by atoms with van der Waals surface area (Å²) in [6.07, 6.45) is 1.74. The van der Waals surface area contributed by atoms with Crippen molar-refractivity contribution in [2.45, 2.75) is 6.54 Å². The molecule has 3 rings (SSSR count). The lowest BCUT2D eigenvalue weighted by atomic mass is 10.2. The summed E-state index contributed by atoms with van der Waals surface area (Å²) in [5.74, 6) is 1.38. The summed E-state index contributed by atoms with van der Waals surface area (Å²) in [4.78, 5) is 22.8. The van der Waals surface area contributed by atoms with Crippen molar-refractivity contribution in [3.8, 4) is 5.75 Å². The van der Waals surface area contributed by atoms with Gasteiger partial charge in [0.05, 0.1) is 7.11 Å². The normalized spacial score (nSPS) is 15.8. The predicted octanol–water partition coefficient (Wildman–Crippen LogP) is 3.49. The molecule has 2 aromatic rings. The second kappa shape index (κ2) is 7.68. The van der Waals surface area contributed by atoms with Crippen LogP contribution < -0.4 is 4.74 Å². The van der Waals surface area contributed by atoms with Crippen LogP contribution in [0.2, 0.25) is 5.15 Å². The number of benzene rings is 1. The molecule has 1 amide bonds. The molecule has 0 atom stereocenters. The van der Waals surface area contributed by atoms with Crippen molar-refractivity contribution in [1.82, 2.24) is 9.88 Å². The molecule has 1 saturated heterocycles. The van der Waals surface area contributed by atoms with E-state index in [9.17, 15) is 4.79 Å². The van der Waals surface area contributed by atoms with Gasteiger partial charge in [-0.2, -0.15) is 4.99 Å². The molecule has 0 saturated carbocycles. The molecule has 1 aliphatic rings. The van der Waals surface area contributed by atoms with Crippen LogP contribution in [0.4, 0.5) is 0 Å². The van der Waals surface area contributed by atoms with E-state index in [1.54, 1.807) is 55.4 Å². The van der Waals surface area contributed by atoms with E-state index in [1.165, 1.54) is 0 Å². The molecular formula is C17H16ClN3O2S. The summed E-state index contributed by atoms with van der Waals surface area (Å²) < 4.78 is 5.10. The number of amides is 1. The van der Waals surface area contributed by atoms with Gasteiger partial charge in [0.2, 0.25) is 0 Å². The van der Waals surface area contributed by atoms with E-state index in [0.29, 0.717) is 23.0 Å². The Labute approximate surface area is 149 Å². The molecule has 0 radical (unpaired) electrons. The summed E-state index contributed by atoms with van der Waals surface area (Å²) in [6.45, 7) is 1.51. The minimum absolute atomic E-state index is 0.249. The summed E-state index contributed by atoms with van der Waals surface area (Å²) >= 11 is 7.40. The highest BCUT2D eigenvalue weighted by Crippen LogP contribution is 2.22. The number of ether oxygens (including phenoxy) is 1. The Balaban J connectivity index is 1.72. The lowest BCUT2D eigenvalue weighted by Crippen LogP contribution is -2.24. The van der Waals surface area contributed by atoms with Gasteiger partial charge in [0.15, 0.2) is 5.17 Å². The molecule has 5 nitrogen and oxygen atoms in total. The number of rotatable bonds is 4. The van der Waals surface area contributed by atoms with Gasteiger partial charge >= 0.3 is 0 Å². The monoisotopic (exact) mass is 361 g/mol. The van der Waals surface area contributed by atoms with Crippen molar-refractivity contribution in [2.24, 2.45) is 4.99 Å². The van der Waals surface area contributed by atoms with Gasteiger partial charge in [0.25, 0.3) is 5.91 Å². The van der Waals surface area contributed by atoms with E-state index in [4.69, 9.17) is 16.3 Å². The van der Waals surface area contributed by atoms with E-state index in [-0.39, 0.29) is 5.91 Å². The SMILES string of the molecule is COc1ccc(C(=O)N=C2SCCN2Cc2ccc(Cl)nc2)cc1. The largest absolute Gasteiger partial charge is 0.497 e. The predicted molar refractivity (Wildman–Crippen MR) is 96.9 cm³/mol. The molecule has 1 aliphatic heterocycles. The quantitative estimate of drug-likeness (QED) is 0.780. The highest BCUT2D eigenvalue weighted by atomic mass is 35.5. The maximum absolute atomic E-state index is 12.3. The van der Waals surface area contributed by atoms with Gasteiger partial charge in [-0.1, -0.05) is 29.4 Å². The smallest absolute Gasteiger partial charge is 0.279 e. The molecule has 2 heterocycles. The summed E-state index contributed by atoms with van der Waals surface area (Å²) in [7, 11) is 1.59. The molecule has 0 bridgehead atoms. The number of hydrogen-bond acceptors (Lipinski definition) is 4. The molecule has 1 aromatic heterocycles. The van der Waals surface area contributed by atoms with Crippen LogP contribution in [0, 0.1) is 0 Å². The van der Waals surface area contributed by atoms with Gasteiger partial charge in [0, 0.05) is 30.6 Å². The Hall–Kier alpha value is -2.05. The lowest BCUT2D eigenvalue weighted by Gasteiger charge is -2.17. The first-order valence-corrected chi connectivity index (χ1v) is 8.77. The lowest BCUT2D eigenvalue weighted by molar-refractivity contribution is 0.100. The van der Waals surface area contributed by atoms with Crippen LogP contribution >= 0.6 is 23.4 Å². The van der Waals surface area contributed by atoms with Gasteiger partial charge in [-0.05, 0) is 35.9 Å². The Kier molecular flexibility index (Phi) is 5.37. The number of thioether (sulfide) groups is 1. The van der Waals surface area contributed by atoms with Crippen molar-refractivity contribution in [3.63, 3.8) is 0 Å². The average Bonchev–Trinajstić information content (AvgIpc) is 3.03. The number of amidine groups is 1. The number of carbonyl (C=O) groups is 1. The van der Waals surface area contributed by atoms with Crippen LogP contribution in [-0.4, -0.2) is 40.4 Å². The first kappa shape index (κ1) is 16.8. The fourth-order valence-corrected chi connectivity index (χ4v) is 3.38. The number of halogens is 1. The maximum Gasteiger partial charge on any atom is 0.279 e. The summed E-state index contributed by atoms with van der Waals surface area (Å²) in [5.41, 5.74) is 1.58. The zero-order valence-electron chi connectivity index (χ0n) is 13.1. The van der Waals surface area contributed by atoms with E-state index >= 15 is 0 Å². The third kappa shape index (κ3) is 4.07. The van der Waals surface area contributed by atoms with Crippen LogP contribution in [0.3, 0.4) is 0 Å². The second-order valence-corrected chi connectivity index (χ2v) is 6.64. The molecule has 1 aromatic carbocycles. The molecule has 0 N–H and O–H groups in total. The Morgan fingerprint density at radius 1 is 1.33 bits per heavy atom.